The highest BCUT2D eigenvalue weighted by molar-refractivity contribution is 6.30. The van der Waals surface area contributed by atoms with E-state index < -0.39 is 0 Å². The van der Waals surface area contributed by atoms with E-state index in [0.29, 0.717) is 45.2 Å². The Balaban J connectivity index is 0.000000201. The molecule has 11 nitrogen and oxygen atoms in total. The molecule has 2 atom stereocenters. The fourth-order valence-corrected chi connectivity index (χ4v) is 7.43. The minimum atomic E-state index is -0.129. The van der Waals surface area contributed by atoms with Crippen LogP contribution in [0.1, 0.15) is 61.0 Å². The summed E-state index contributed by atoms with van der Waals surface area (Å²) in [6.07, 6.45) is 3.01. The standard InChI is InChI=1S/C20H22ClNO4.C20H24N2O4/c2*1-11(23)22-16-8-5-12-9-17(24-2)19(25-3)20(26-4)18(12)14-7-6-13(21)10-15(14)16/h6-7,9-10,16H,5,8H2,1-4H3,(H,22,23);6-7,9-10,16H,5,8,21H2,1-4H3,(H,22,23)/t2*16-/m00/s1. The first kappa shape index (κ1) is 38.0. The van der Waals surface area contributed by atoms with E-state index >= 15 is 0 Å². The maximum atomic E-state index is 11.7. The number of aryl methyl sites for hydroxylation is 2. The van der Waals surface area contributed by atoms with Crippen molar-refractivity contribution < 1.29 is 38.0 Å². The molecular weight excluding hydrogens is 686 g/mol. The first-order chi connectivity index (χ1) is 25.0. The fraction of sp³-hybridized carbons (Fsp3) is 0.350. The molecule has 4 aromatic carbocycles. The molecule has 4 N–H and O–H groups in total. The molecule has 2 amide bonds. The van der Waals surface area contributed by atoms with Gasteiger partial charge in [-0.3, -0.25) is 9.59 Å². The fourth-order valence-electron chi connectivity index (χ4n) is 7.25. The topological polar surface area (TPSA) is 140 Å². The number of carbonyl (C=O) groups excluding carboxylic acids is 2. The second-order valence-corrected chi connectivity index (χ2v) is 13.0. The summed E-state index contributed by atoms with van der Waals surface area (Å²) in [5.74, 6) is 3.44. The van der Waals surface area contributed by atoms with Gasteiger partial charge in [0.15, 0.2) is 23.0 Å². The summed E-state index contributed by atoms with van der Waals surface area (Å²) < 4.78 is 33.5. The Morgan fingerprint density at radius 3 is 1.44 bits per heavy atom. The Hall–Kier alpha value is -5.29. The first-order valence-electron chi connectivity index (χ1n) is 16.9. The van der Waals surface area contributed by atoms with Crippen molar-refractivity contribution in [3.8, 4) is 56.8 Å². The first-order valence-corrected chi connectivity index (χ1v) is 17.2. The summed E-state index contributed by atoms with van der Waals surface area (Å²) >= 11 is 6.25. The Morgan fingerprint density at radius 1 is 0.615 bits per heavy atom. The van der Waals surface area contributed by atoms with Crippen molar-refractivity contribution in [2.45, 2.75) is 51.6 Å². The van der Waals surface area contributed by atoms with E-state index in [0.717, 1.165) is 70.2 Å². The van der Waals surface area contributed by atoms with Crippen molar-refractivity contribution >= 4 is 29.1 Å². The largest absolute Gasteiger partial charge is 0.493 e. The summed E-state index contributed by atoms with van der Waals surface area (Å²) in [4.78, 5) is 23.4. The van der Waals surface area contributed by atoms with Crippen molar-refractivity contribution in [2.75, 3.05) is 48.4 Å². The van der Waals surface area contributed by atoms with Gasteiger partial charge in [-0.05, 0) is 95.5 Å². The number of hydrogen-bond acceptors (Lipinski definition) is 9. The lowest BCUT2D eigenvalue weighted by molar-refractivity contribution is -0.120. The zero-order valence-corrected chi connectivity index (χ0v) is 31.6. The number of fused-ring (bicyclic) bond motifs is 6. The third kappa shape index (κ3) is 7.50. The van der Waals surface area contributed by atoms with Gasteiger partial charge in [0.1, 0.15) is 0 Å². The molecule has 0 aromatic heterocycles. The zero-order chi connectivity index (χ0) is 37.7. The smallest absolute Gasteiger partial charge is 0.217 e. The molecule has 0 saturated heterocycles. The summed E-state index contributed by atoms with van der Waals surface area (Å²) in [6, 6.07) is 15.2. The Labute approximate surface area is 309 Å². The van der Waals surface area contributed by atoms with E-state index in [4.69, 9.17) is 45.8 Å². The third-order valence-corrected chi connectivity index (χ3v) is 9.60. The zero-order valence-electron chi connectivity index (χ0n) is 30.8. The second-order valence-electron chi connectivity index (χ2n) is 12.5. The van der Waals surface area contributed by atoms with Crippen LogP contribution < -0.4 is 44.8 Å². The summed E-state index contributed by atoms with van der Waals surface area (Å²) in [5, 5.41) is 6.70. The van der Waals surface area contributed by atoms with Crippen LogP contribution in [0.15, 0.2) is 48.5 Å². The Kier molecular flexibility index (Phi) is 11.9. The molecule has 0 fully saturated rings. The molecule has 6 rings (SSSR count). The van der Waals surface area contributed by atoms with Crippen molar-refractivity contribution in [3.63, 3.8) is 0 Å². The molecule has 0 bridgehead atoms. The Bertz CT molecular complexity index is 1840. The number of ether oxygens (including phenoxy) is 6. The average Bonchev–Trinajstić information content (AvgIpc) is 3.37. The van der Waals surface area contributed by atoms with Gasteiger partial charge in [0.2, 0.25) is 23.3 Å². The van der Waals surface area contributed by atoms with Crippen LogP contribution in [0.2, 0.25) is 5.02 Å². The lowest BCUT2D eigenvalue weighted by Gasteiger charge is -2.21. The molecule has 0 radical (unpaired) electrons. The number of amides is 2. The van der Waals surface area contributed by atoms with Gasteiger partial charge in [0.05, 0.1) is 54.7 Å². The van der Waals surface area contributed by atoms with Gasteiger partial charge in [-0.15, -0.1) is 0 Å². The number of methoxy groups -OCH3 is 6. The number of hydrogen-bond donors (Lipinski definition) is 3. The monoisotopic (exact) mass is 731 g/mol. The molecule has 0 aliphatic heterocycles. The third-order valence-electron chi connectivity index (χ3n) is 9.36. The molecule has 276 valence electrons. The average molecular weight is 732 g/mol. The molecule has 4 aromatic rings. The van der Waals surface area contributed by atoms with Crippen molar-refractivity contribution in [3.05, 3.63) is 75.8 Å². The highest BCUT2D eigenvalue weighted by Gasteiger charge is 2.31. The van der Waals surface area contributed by atoms with E-state index in [1.165, 1.54) is 13.8 Å². The molecule has 0 saturated carbocycles. The molecule has 0 unspecified atom stereocenters. The van der Waals surface area contributed by atoms with Crippen LogP contribution in [0.4, 0.5) is 5.69 Å². The molecule has 52 heavy (non-hydrogen) atoms. The van der Waals surface area contributed by atoms with Crippen LogP contribution in [-0.2, 0) is 22.4 Å². The number of nitrogens with two attached hydrogens (primary N) is 1. The van der Waals surface area contributed by atoms with Crippen molar-refractivity contribution in [1.82, 2.24) is 10.6 Å². The lowest BCUT2D eigenvalue weighted by atomic mass is 9.93. The van der Waals surface area contributed by atoms with E-state index in [1.807, 2.05) is 48.5 Å². The van der Waals surface area contributed by atoms with Crippen LogP contribution in [0.25, 0.3) is 22.3 Å². The molecule has 2 aliphatic rings. The highest BCUT2D eigenvalue weighted by atomic mass is 35.5. The normalized spacial score (nSPS) is 15.3. The van der Waals surface area contributed by atoms with Gasteiger partial charge >= 0.3 is 0 Å². The van der Waals surface area contributed by atoms with Gasteiger partial charge in [-0.25, -0.2) is 0 Å². The maximum Gasteiger partial charge on any atom is 0.217 e. The number of benzene rings is 4. The number of nitrogen functional groups attached to an aromatic ring is 1. The minimum Gasteiger partial charge on any atom is -0.493 e. The predicted molar refractivity (Wildman–Crippen MR) is 202 cm³/mol. The number of carbonyl (C=O) groups is 2. The van der Waals surface area contributed by atoms with Crippen molar-refractivity contribution in [1.29, 1.82) is 0 Å². The van der Waals surface area contributed by atoms with Gasteiger partial charge in [0.25, 0.3) is 0 Å². The predicted octanol–water partition coefficient (Wildman–Crippen LogP) is 7.24. The quantitative estimate of drug-likeness (QED) is 0.160. The van der Waals surface area contributed by atoms with Gasteiger partial charge in [-0.1, -0.05) is 23.7 Å². The van der Waals surface area contributed by atoms with Gasteiger partial charge in [0, 0.05) is 35.7 Å². The van der Waals surface area contributed by atoms with Gasteiger partial charge in [-0.2, -0.15) is 0 Å². The van der Waals surface area contributed by atoms with Crippen LogP contribution in [-0.4, -0.2) is 54.5 Å². The van der Waals surface area contributed by atoms with Gasteiger partial charge < -0.3 is 44.8 Å². The molecule has 12 heteroatoms. The number of anilines is 1. The van der Waals surface area contributed by atoms with Crippen LogP contribution >= 0.6 is 11.6 Å². The number of rotatable bonds is 8. The van der Waals surface area contributed by atoms with E-state index in [-0.39, 0.29) is 23.9 Å². The van der Waals surface area contributed by atoms with Crippen LogP contribution in [0, 0.1) is 0 Å². The molecule has 2 aliphatic carbocycles. The number of halogens is 1. The minimum absolute atomic E-state index is 0.0727. The summed E-state index contributed by atoms with van der Waals surface area (Å²) in [6.45, 7) is 3.05. The molecule has 0 heterocycles. The maximum absolute atomic E-state index is 11.7. The number of nitrogens with one attached hydrogen (secondary N) is 2. The summed E-state index contributed by atoms with van der Waals surface area (Å²) in [7, 11) is 9.62. The molecule has 0 spiro atoms. The second kappa shape index (κ2) is 16.4. The van der Waals surface area contributed by atoms with E-state index in [9.17, 15) is 9.59 Å². The van der Waals surface area contributed by atoms with Crippen LogP contribution in [0.5, 0.6) is 34.5 Å². The van der Waals surface area contributed by atoms with Crippen molar-refractivity contribution in [2.24, 2.45) is 0 Å². The SMILES string of the molecule is COc1cc2c(c(OC)c1OC)-c1ccc(Cl)cc1[C@@H](NC(C)=O)CC2.COc1cc2c(c(OC)c1OC)-c1ccc(N)cc1[C@@H](NC(C)=O)CC2. The lowest BCUT2D eigenvalue weighted by Crippen LogP contribution is -2.26. The van der Waals surface area contributed by atoms with Crippen LogP contribution in [0.3, 0.4) is 0 Å². The Morgan fingerprint density at radius 2 is 1.04 bits per heavy atom. The summed E-state index contributed by atoms with van der Waals surface area (Å²) in [5.41, 5.74) is 14.6. The molecular formula is C40H46ClN3O8. The highest BCUT2D eigenvalue weighted by Crippen LogP contribution is 2.52. The van der Waals surface area contributed by atoms with E-state index in [1.54, 1.807) is 42.7 Å². The van der Waals surface area contributed by atoms with E-state index in [2.05, 4.69) is 10.6 Å².